The number of para-hydroxylation sites is 1. The van der Waals surface area contributed by atoms with Crippen LogP contribution in [-0.4, -0.2) is 11.7 Å². The molecule has 0 aliphatic rings. The van der Waals surface area contributed by atoms with Crippen molar-refractivity contribution in [2.75, 3.05) is 7.11 Å². The molecule has 0 amide bonds. The summed E-state index contributed by atoms with van der Waals surface area (Å²) >= 11 is 7.30. The highest BCUT2D eigenvalue weighted by atomic mass is 35.5. The Labute approximate surface area is 170 Å². The second kappa shape index (κ2) is 8.14. The highest BCUT2D eigenvalue weighted by Crippen LogP contribution is 2.21. The van der Waals surface area contributed by atoms with Gasteiger partial charge in [0.05, 0.1) is 17.3 Å². The van der Waals surface area contributed by atoms with Gasteiger partial charge in [-0.15, -0.1) is 11.3 Å². The average Bonchev–Trinajstić information content (AvgIpc) is 3.01. The maximum absolute atomic E-state index is 13.2. The van der Waals surface area contributed by atoms with E-state index in [0.29, 0.717) is 26.6 Å². The number of thiazole rings is 1. The number of nitriles is 2. The Morgan fingerprint density at radius 3 is 2.57 bits per heavy atom. The first-order valence-corrected chi connectivity index (χ1v) is 9.37. The fraction of sp³-hybridized carbons (Fsp3) is 0.0952. The molecule has 0 bridgehead atoms. The van der Waals surface area contributed by atoms with Gasteiger partial charge in [0.25, 0.3) is 5.56 Å². The minimum atomic E-state index is -0.334. The Bertz CT molecular complexity index is 1310. The van der Waals surface area contributed by atoms with E-state index in [0.717, 1.165) is 16.9 Å². The Morgan fingerprint density at radius 1 is 1.18 bits per heavy atom. The smallest absolute Gasteiger partial charge is 0.273 e. The quantitative estimate of drug-likeness (QED) is 0.668. The van der Waals surface area contributed by atoms with Crippen LogP contribution in [0.2, 0.25) is 5.02 Å². The number of hydrogen-bond acceptors (Lipinski definition) is 5. The normalized spacial score (nSPS) is 11.0. The number of nitrogens with zero attached hydrogens (tertiary/aromatic N) is 3. The SMILES string of the molecule is COc1ccccc1/C=c1\sc(=C(C#N)C#N)n(-c2cccc(Cl)c2C)c1=O. The number of aromatic nitrogens is 1. The molecule has 0 saturated heterocycles. The fourth-order valence-corrected chi connectivity index (χ4v) is 3.96. The maximum Gasteiger partial charge on any atom is 0.273 e. The first kappa shape index (κ1) is 19.4. The summed E-state index contributed by atoms with van der Waals surface area (Å²) in [6, 6.07) is 16.2. The van der Waals surface area contributed by atoms with E-state index in [1.807, 2.05) is 30.3 Å². The lowest BCUT2D eigenvalue weighted by atomic mass is 10.2. The molecule has 5 nitrogen and oxygen atoms in total. The summed E-state index contributed by atoms with van der Waals surface area (Å²) < 4.78 is 7.35. The third-order valence-corrected chi connectivity index (χ3v) is 5.67. The number of rotatable bonds is 3. The van der Waals surface area contributed by atoms with Crippen LogP contribution < -0.4 is 19.5 Å². The summed E-state index contributed by atoms with van der Waals surface area (Å²) in [5, 5.41) is 19.2. The minimum Gasteiger partial charge on any atom is -0.496 e. The van der Waals surface area contributed by atoms with Gasteiger partial charge in [-0.3, -0.25) is 9.36 Å². The maximum atomic E-state index is 13.2. The molecule has 0 aliphatic carbocycles. The highest BCUT2D eigenvalue weighted by Gasteiger charge is 2.14. The third-order valence-electron chi connectivity index (χ3n) is 4.17. The molecule has 2 aromatic carbocycles. The second-order valence-electron chi connectivity index (χ2n) is 5.78. The summed E-state index contributed by atoms with van der Waals surface area (Å²) in [6.07, 6.45) is 1.69. The summed E-state index contributed by atoms with van der Waals surface area (Å²) in [5.41, 5.74) is 1.47. The lowest BCUT2D eigenvalue weighted by molar-refractivity contribution is 0.414. The van der Waals surface area contributed by atoms with Gasteiger partial charge in [0.2, 0.25) is 0 Å². The molecule has 3 rings (SSSR count). The van der Waals surface area contributed by atoms with E-state index in [4.69, 9.17) is 16.3 Å². The van der Waals surface area contributed by atoms with E-state index in [9.17, 15) is 15.3 Å². The van der Waals surface area contributed by atoms with Crippen molar-refractivity contribution in [2.24, 2.45) is 0 Å². The van der Waals surface area contributed by atoms with Crippen molar-refractivity contribution in [1.82, 2.24) is 4.57 Å². The number of ether oxygens (including phenoxy) is 1. The summed E-state index contributed by atoms with van der Waals surface area (Å²) in [5.74, 6) is 0.618. The van der Waals surface area contributed by atoms with Crippen molar-refractivity contribution in [1.29, 1.82) is 10.5 Å². The molecule has 138 valence electrons. The zero-order valence-electron chi connectivity index (χ0n) is 15.1. The van der Waals surface area contributed by atoms with E-state index >= 15 is 0 Å². The summed E-state index contributed by atoms with van der Waals surface area (Å²) in [7, 11) is 1.55. The zero-order valence-corrected chi connectivity index (χ0v) is 16.6. The Kier molecular flexibility index (Phi) is 5.65. The topological polar surface area (TPSA) is 78.8 Å². The monoisotopic (exact) mass is 407 g/mol. The Hall–Kier alpha value is -3.32. The van der Waals surface area contributed by atoms with Crippen molar-refractivity contribution in [2.45, 2.75) is 6.92 Å². The van der Waals surface area contributed by atoms with Crippen LogP contribution in [0.15, 0.2) is 47.3 Å². The molecule has 7 heteroatoms. The number of halogens is 1. The van der Waals surface area contributed by atoms with Crippen LogP contribution in [0.4, 0.5) is 0 Å². The van der Waals surface area contributed by atoms with Crippen LogP contribution in [0.3, 0.4) is 0 Å². The largest absolute Gasteiger partial charge is 0.496 e. The van der Waals surface area contributed by atoms with E-state index in [1.165, 1.54) is 4.57 Å². The predicted molar refractivity (Wildman–Crippen MR) is 110 cm³/mol. The standard InChI is InChI=1S/C21H14ClN3O2S/c1-13-16(22)7-5-8-17(13)25-20(26)19(28-21(25)15(11-23)12-24)10-14-6-3-4-9-18(14)27-2/h3-10H,1-2H3/b19-10-. The molecule has 0 unspecified atom stereocenters. The first-order valence-electron chi connectivity index (χ1n) is 8.18. The van der Waals surface area contributed by atoms with E-state index in [-0.39, 0.29) is 15.8 Å². The van der Waals surface area contributed by atoms with Crippen molar-refractivity contribution < 1.29 is 4.74 Å². The minimum absolute atomic E-state index is 0.138. The van der Waals surface area contributed by atoms with Crippen molar-refractivity contribution in [3.8, 4) is 23.6 Å². The van der Waals surface area contributed by atoms with Gasteiger partial charge in [0.1, 0.15) is 22.6 Å². The van der Waals surface area contributed by atoms with Crippen LogP contribution in [0.5, 0.6) is 5.75 Å². The second-order valence-corrected chi connectivity index (χ2v) is 7.22. The van der Waals surface area contributed by atoms with Gasteiger partial charge in [-0.25, -0.2) is 0 Å². The number of methoxy groups -OCH3 is 1. The molecule has 0 radical (unpaired) electrons. The van der Waals surface area contributed by atoms with Gasteiger partial charge in [0.15, 0.2) is 5.57 Å². The summed E-state index contributed by atoms with van der Waals surface area (Å²) in [4.78, 5) is 13.2. The molecule has 0 aliphatic heterocycles. The number of benzene rings is 2. The van der Waals surface area contributed by atoms with Crippen LogP contribution >= 0.6 is 22.9 Å². The molecule has 1 aromatic heterocycles. The molecule has 0 fully saturated rings. The lowest BCUT2D eigenvalue weighted by Crippen LogP contribution is -2.31. The molecular weight excluding hydrogens is 394 g/mol. The van der Waals surface area contributed by atoms with E-state index in [1.54, 1.807) is 44.4 Å². The Balaban J connectivity index is 2.46. The summed E-state index contributed by atoms with van der Waals surface area (Å²) in [6.45, 7) is 1.79. The fourth-order valence-electron chi connectivity index (χ4n) is 2.75. The molecule has 3 aromatic rings. The first-order chi connectivity index (χ1) is 13.5. The lowest BCUT2D eigenvalue weighted by Gasteiger charge is -2.07. The molecule has 1 heterocycles. The van der Waals surface area contributed by atoms with Gasteiger partial charge in [0, 0.05) is 10.6 Å². The zero-order chi connectivity index (χ0) is 20.3. The van der Waals surface area contributed by atoms with E-state index in [2.05, 4.69) is 0 Å². The average molecular weight is 408 g/mol. The molecule has 28 heavy (non-hydrogen) atoms. The molecule has 0 N–H and O–H groups in total. The number of hydrogen-bond donors (Lipinski definition) is 0. The van der Waals surface area contributed by atoms with Gasteiger partial charge >= 0.3 is 0 Å². The molecule has 0 spiro atoms. The molecule has 0 saturated carbocycles. The van der Waals surface area contributed by atoms with Gasteiger partial charge in [-0.1, -0.05) is 35.9 Å². The molecular formula is C21H14ClN3O2S. The van der Waals surface area contributed by atoms with Crippen LogP contribution in [0.25, 0.3) is 17.3 Å². The van der Waals surface area contributed by atoms with Crippen LogP contribution in [0.1, 0.15) is 11.1 Å². The van der Waals surface area contributed by atoms with Crippen molar-refractivity contribution >= 4 is 34.6 Å². The molecule has 0 atom stereocenters. The van der Waals surface area contributed by atoms with Crippen molar-refractivity contribution in [3.05, 3.63) is 78.2 Å². The van der Waals surface area contributed by atoms with Crippen LogP contribution in [-0.2, 0) is 0 Å². The van der Waals surface area contributed by atoms with Crippen molar-refractivity contribution in [3.63, 3.8) is 0 Å². The predicted octanol–water partition coefficient (Wildman–Crippen LogP) is 2.90. The Morgan fingerprint density at radius 2 is 1.89 bits per heavy atom. The third kappa shape index (κ3) is 3.44. The van der Waals surface area contributed by atoms with Gasteiger partial charge in [-0.2, -0.15) is 10.5 Å². The van der Waals surface area contributed by atoms with Crippen LogP contribution in [0, 0.1) is 29.6 Å². The highest BCUT2D eigenvalue weighted by molar-refractivity contribution is 7.07. The van der Waals surface area contributed by atoms with E-state index < -0.39 is 0 Å². The van der Waals surface area contributed by atoms with Gasteiger partial charge < -0.3 is 4.74 Å². The van der Waals surface area contributed by atoms with Gasteiger partial charge in [-0.05, 0) is 36.8 Å².